The van der Waals surface area contributed by atoms with Crippen LogP contribution in [-0.4, -0.2) is 36.4 Å². The first-order valence-electron chi connectivity index (χ1n) is 9.03. The van der Waals surface area contributed by atoms with Gasteiger partial charge in [-0.1, -0.05) is 30.3 Å². The van der Waals surface area contributed by atoms with Crippen LogP contribution in [-0.2, 0) is 4.79 Å². The van der Waals surface area contributed by atoms with E-state index in [2.05, 4.69) is 5.32 Å². The second kappa shape index (κ2) is 10.4. The highest BCUT2D eigenvalue weighted by molar-refractivity contribution is 5.91. The third-order valence-electron chi connectivity index (χ3n) is 3.69. The van der Waals surface area contributed by atoms with Gasteiger partial charge in [-0.05, 0) is 56.2 Å². The Morgan fingerprint density at radius 3 is 2.70 bits per heavy atom. The standard InChI is InChI=1S/C22H27NO4/c1-16(2)27-20-9-6-8-18(13-20)11-12-22(25)23-14-19(24)15-26-21-10-5-4-7-17(21)3/h4-13,16,19,24H,14-15H2,1-3H3,(H,23,25)/b12-11+. The summed E-state index contributed by atoms with van der Waals surface area (Å²) in [6.07, 6.45) is 2.45. The first-order valence-corrected chi connectivity index (χ1v) is 9.03. The fourth-order valence-corrected chi connectivity index (χ4v) is 2.38. The van der Waals surface area contributed by atoms with Crippen LogP contribution in [0.4, 0.5) is 0 Å². The number of aliphatic hydroxyl groups excluding tert-OH is 1. The quantitative estimate of drug-likeness (QED) is 0.665. The van der Waals surface area contributed by atoms with E-state index in [1.165, 1.54) is 6.08 Å². The lowest BCUT2D eigenvalue weighted by molar-refractivity contribution is -0.117. The highest BCUT2D eigenvalue weighted by atomic mass is 16.5. The Labute approximate surface area is 160 Å². The molecule has 2 N–H and O–H groups in total. The topological polar surface area (TPSA) is 67.8 Å². The zero-order valence-corrected chi connectivity index (χ0v) is 16.0. The van der Waals surface area contributed by atoms with Crippen molar-refractivity contribution < 1.29 is 19.4 Å². The molecule has 5 nitrogen and oxygen atoms in total. The number of para-hydroxylation sites is 1. The van der Waals surface area contributed by atoms with Gasteiger partial charge in [0.1, 0.15) is 24.2 Å². The Morgan fingerprint density at radius 2 is 1.96 bits per heavy atom. The van der Waals surface area contributed by atoms with Crippen LogP contribution in [0.2, 0.25) is 0 Å². The normalized spacial score (nSPS) is 12.2. The zero-order valence-electron chi connectivity index (χ0n) is 16.0. The monoisotopic (exact) mass is 369 g/mol. The fourth-order valence-electron chi connectivity index (χ4n) is 2.38. The maximum Gasteiger partial charge on any atom is 0.244 e. The largest absolute Gasteiger partial charge is 0.491 e. The first-order chi connectivity index (χ1) is 12.9. The van der Waals surface area contributed by atoms with E-state index in [1.807, 2.05) is 69.3 Å². The lowest BCUT2D eigenvalue weighted by atomic mass is 10.2. The molecule has 0 aliphatic heterocycles. The third-order valence-corrected chi connectivity index (χ3v) is 3.69. The lowest BCUT2D eigenvalue weighted by Crippen LogP contribution is -2.34. The van der Waals surface area contributed by atoms with Gasteiger partial charge >= 0.3 is 0 Å². The van der Waals surface area contributed by atoms with Crippen molar-refractivity contribution in [3.05, 3.63) is 65.7 Å². The molecule has 2 aromatic carbocycles. The molecule has 27 heavy (non-hydrogen) atoms. The van der Waals surface area contributed by atoms with E-state index in [9.17, 15) is 9.90 Å². The predicted molar refractivity (Wildman–Crippen MR) is 107 cm³/mol. The maximum atomic E-state index is 11.9. The molecule has 0 aliphatic carbocycles. The van der Waals surface area contributed by atoms with Crippen molar-refractivity contribution in [2.75, 3.05) is 13.2 Å². The number of nitrogens with one attached hydrogen (secondary N) is 1. The fraction of sp³-hybridized carbons (Fsp3) is 0.318. The van der Waals surface area contributed by atoms with E-state index in [4.69, 9.17) is 9.47 Å². The number of carbonyl (C=O) groups is 1. The van der Waals surface area contributed by atoms with Crippen LogP contribution in [0.15, 0.2) is 54.6 Å². The minimum atomic E-state index is -0.787. The molecule has 2 rings (SSSR count). The number of ether oxygens (including phenoxy) is 2. The van der Waals surface area contributed by atoms with E-state index in [-0.39, 0.29) is 25.2 Å². The summed E-state index contributed by atoms with van der Waals surface area (Å²) in [4.78, 5) is 11.9. The molecule has 0 saturated carbocycles. The van der Waals surface area contributed by atoms with Crippen LogP contribution in [0.1, 0.15) is 25.0 Å². The summed E-state index contributed by atoms with van der Waals surface area (Å²) in [5.74, 6) is 1.21. The molecule has 0 heterocycles. The van der Waals surface area contributed by atoms with Crippen LogP contribution in [0.3, 0.4) is 0 Å². The second-order valence-electron chi connectivity index (χ2n) is 6.55. The predicted octanol–water partition coefficient (Wildman–Crippen LogP) is 3.35. The zero-order chi connectivity index (χ0) is 19.6. The Morgan fingerprint density at radius 1 is 1.19 bits per heavy atom. The molecule has 1 unspecified atom stereocenters. The summed E-state index contributed by atoms with van der Waals surface area (Å²) >= 11 is 0. The Balaban J connectivity index is 1.76. The van der Waals surface area contributed by atoms with Gasteiger partial charge in [-0.3, -0.25) is 4.79 Å². The smallest absolute Gasteiger partial charge is 0.244 e. The highest BCUT2D eigenvalue weighted by Gasteiger charge is 2.07. The molecule has 5 heteroatoms. The molecule has 0 spiro atoms. The minimum absolute atomic E-state index is 0.0934. The van der Waals surface area contributed by atoms with Crippen molar-refractivity contribution in [3.63, 3.8) is 0 Å². The van der Waals surface area contributed by atoms with Crippen molar-refractivity contribution in [1.29, 1.82) is 0 Å². The van der Waals surface area contributed by atoms with Gasteiger partial charge in [0.25, 0.3) is 0 Å². The molecule has 0 aromatic heterocycles. The van der Waals surface area contributed by atoms with Crippen LogP contribution >= 0.6 is 0 Å². The van der Waals surface area contributed by atoms with E-state index in [0.29, 0.717) is 0 Å². The molecular formula is C22H27NO4. The summed E-state index contributed by atoms with van der Waals surface area (Å²) in [7, 11) is 0. The molecule has 144 valence electrons. The molecule has 0 fully saturated rings. The number of aryl methyl sites for hydroxylation is 1. The van der Waals surface area contributed by atoms with Crippen molar-refractivity contribution in [1.82, 2.24) is 5.32 Å². The number of benzene rings is 2. The van der Waals surface area contributed by atoms with Gasteiger partial charge in [-0.15, -0.1) is 0 Å². The van der Waals surface area contributed by atoms with Crippen LogP contribution < -0.4 is 14.8 Å². The molecular weight excluding hydrogens is 342 g/mol. The van der Waals surface area contributed by atoms with Gasteiger partial charge in [0.05, 0.1) is 6.10 Å². The number of carbonyl (C=O) groups excluding carboxylic acids is 1. The molecule has 2 aromatic rings. The van der Waals surface area contributed by atoms with Gasteiger partial charge < -0.3 is 19.9 Å². The minimum Gasteiger partial charge on any atom is -0.491 e. The average molecular weight is 369 g/mol. The van der Waals surface area contributed by atoms with Gasteiger partial charge in [0.15, 0.2) is 0 Å². The number of aliphatic hydroxyl groups is 1. The van der Waals surface area contributed by atoms with Crippen molar-refractivity contribution in [2.24, 2.45) is 0 Å². The Kier molecular flexibility index (Phi) is 7.89. The second-order valence-corrected chi connectivity index (χ2v) is 6.55. The molecule has 0 saturated heterocycles. The van der Waals surface area contributed by atoms with E-state index in [1.54, 1.807) is 6.08 Å². The maximum absolute atomic E-state index is 11.9. The molecule has 0 bridgehead atoms. The average Bonchev–Trinajstić information content (AvgIpc) is 2.64. The van der Waals surface area contributed by atoms with Crippen LogP contribution in [0, 0.1) is 6.92 Å². The number of hydrogen-bond acceptors (Lipinski definition) is 4. The number of rotatable bonds is 9. The van der Waals surface area contributed by atoms with Crippen LogP contribution in [0.5, 0.6) is 11.5 Å². The van der Waals surface area contributed by atoms with Crippen LogP contribution in [0.25, 0.3) is 6.08 Å². The Bertz CT molecular complexity index is 770. The number of amides is 1. The first kappa shape index (κ1) is 20.5. The van der Waals surface area contributed by atoms with E-state index >= 15 is 0 Å². The molecule has 1 amide bonds. The van der Waals surface area contributed by atoms with Gasteiger partial charge in [-0.2, -0.15) is 0 Å². The summed E-state index contributed by atoms with van der Waals surface area (Å²) in [6, 6.07) is 15.1. The van der Waals surface area contributed by atoms with Gasteiger partial charge in [0.2, 0.25) is 5.91 Å². The van der Waals surface area contributed by atoms with E-state index < -0.39 is 6.10 Å². The van der Waals surface area contributed by atoms with Gasteiger partial charge in [-0.25, -0.2) is 0 Å². The summed E-state index contributed by atoms with van der Waals surface area (Å²) < 4.78 is 11.2. The summed E-state index contributed by atoms with van der Waals surface area (Å²) in [6.45, 7) is 6.10. The van der Waals surface area contributed by atoms with Crippen molar-refractivity contribution in [2.45, 2.75) is 33.0 Å². The molecule has 0 aliphatic rings. The molecule has 0 radical (unpaired) electrons. The SMILES string of the molecule is Cc1ccccc1OCC(O)CNC(=O)/C=C/c1cccc(OC(C)C)c1. The number of hydrogen-bond donors (Lipinski definition) is 2. The van der Waals surface area contributed by atoms with Gasteiger partial charge in [0, 0.05) is 12.6 Å². The summed E-state index contributed by atoms with van der Waals surface area (Å²) in [5.41, 5.74) is 1.87. The van der Waals surface area contributed by atoms with Crippen molar-refractivity contribution in [3.8, 4) is 11.5 Å². The highest BCUT2D eigenvalue weighted by Crippen LogP contribution is 2.17. The van der Waals surface area contributed by atoms with Crippen molar-refractivity contribution >= 4 is 12.0 Å². The van der Waals surface area contributed by atoms with E-state index in [0.717, 1.165) is 22.6 Å². The summed E-state index contributed by atoms with van der Waals surface area (Å²) in [5, 5.41) is 12.6. The third kappa shape index (κ3) is 7.54. The Hall–Kier alpha value is -2.79. The molecule has 1 atom stereocenters. The lowest BCUT2D eigenvalue weighted by Gasteiger charge is -2.14.